The first-order valence-electron chi connectivity index (χ1n) is 9.49. The number of halogens is 3. The summed E-state index contributed by atoms with van der Waals surface area (Å²) >= 11 is 0. The van der Waals surface area contributed by atoms with E-state index in [0.29, 0.717) is 23.7 Å². The van der Waals surface area contributed by atoms with Gasteiger partial charge in [0.05, 0.1) is 43.0 Å². The number of hydrogen-bond donors (Lipinski definition) is 1. The van der Waals surface area contributed by atoms with E-state index in [1.165, 1.54) is 6.07 Å². The number of nitrogens with zero attached hydrogens (tertiary/aromatic N) is 3. The Morgan fingerprint density at radius 1 is 1.13 bits per heavy atom. The lowest BCUT2D eigenvalue weighted by atomic mass is 10.0. The molecule has 31 heavy (non-hydrogen) atoms. The first-order chi connectivity index (χ1) is 14.9. The number of aromatic amines is 1. The molecule has 3 aromatic heterocycles. The van der Waals surface area contributed by atoms with Gasteiger partial charge in [0, 0.05) is 36.1 Å². The maximum atomic E-state index is 12.6. The first kappa shape index (κ1) is 20.8. The Labute approximate surface area is 176 Å². The largest absolute Gasteiger partial charge is 0.500 e. The summed E-state index contributed by atoms with van der Waals surface area (Å²) in [5, 5.41) is 0. The van der Waals surface area contributed by atoms with Crippen LogP contribution in [0.4, 0.5) is 13.2 Å². The molecular formula is C22H19F3N4O2. The van der Waals surface area contributed by atoms with Gasteiger partial charge < -0.3 is 14.5 Å². The van der Waals surface area contributed by atoms with Crippen molar-refractivity contribution >= 4 is 5.57 Å². The maximum Gasteiger partial charge on any atom is 0.417 e. The van der Waals surface area contributed by atoms with Crippen molar-refractivity contribution < 1.29 is 22.6 Å². The molecule has 0 bridgehead atoms. The van der Waals surface area contributed by atoms with E-state index in [2.05, 4.69) is 19.9 Å². The number of alkyl halides is 3. The van der Waals surface area contributed by atoms with Gasteiger partial charge >= 0.3 is 6.18 Å². The van der Waals surface area contributed by atoms with Crippen molar-refractivity contribution in [3.63, 3.8) is 0 Å². The number of aromatic nitrogens is 4. The molecule has 0 spiro atoms. The Kier molecular flexibility index (Phi) is 5.85. The van der Waals surface area contributed by atoms with E-state index in [1.54, 1.807) is 25.7 Å². The van der Waals surface area contributed by atoms with Crippen LogP contribution in [0.15, 0.2) is 67.0 Å². The molecule has 0 fully saturated rings. The van der Waals surface area contributed by atoms with Gasteiger partial charge in [0.15, 0.2) is 0 Å². The standard InChI is InChI=1S/C22H19F3N4O2/c1-30-20-9-17(31-13-16-5-4-15(11-27-16)22(23,24)25)6-7-18(20)19-12-28-21(29-19)14-3-2-8-26-10-14/h2-8,10-12,17H,9,13H2,1H3,(H,28,29). The van der Waals surface area contributed by atoms with Gasteiger partial charge in [-0.05, 0) is 24.3 Å². The minimum atomic E-state index is -4.41. The number of rotatable bonds is 6. The molecule has 0 radical (unpaired) electrons. The molecule has 1 atom stereocenters. The van der Waals surface area contributed by atoms with E-state index in [4.69, 9.17) is 9.47 Å². The summed E-state index contributed by atoms with van der Waals surface area (Å²) in [6.45, 7) is 0.0919. The Morgan fingerprint density at radius 2 is 2.00 bits per heavy atom. The quantitative estimate of drug-likeness (QED) is 0.611. The molecule has 160 valence electrons. The third-order valence-corrected chi connectivity index (χ3v) is 4.81. The Morgan fingerprint density at radius 3 is 2.68 bits per heavy atom. The van der Waals surface area contributed by atoms with E-state index >= 15 is 0 Å². The molecule has 9 heteroatoms. The molecule has 6 nitrogen and oxygen atoms in total. The fourth-order valence-electron chi connectivity index (χ4n) is 3.18. The normalized spacial score (nSPS) is 16.6. The molecule has 1 aliphatic carbocycles. The second kappa shape index (κ2) is 8.73. The zero-order valence-electron chi connectivity index (χ0n) is 16.6. The number of allylic oxidation sites excluding steroid dienone is 2. The highest BCUT2D eigenvalue weighted by Gasteiger charge is 2.30. The highest BCUT2D eigenvalue weighted by Crippen LogP contribution is 2.31. The average molecular weight is 428 g/mol. The van der Waals surface area contributed by atoms with Gasteiger partial charge in [0.25, 0.3) is 0 Å². The zero-order chi connectivity index (χ0) is 21.8. The molecule has 3 heterocycles. The van der Waals surface area contributed by atoms with Crippen molar-refractivity contribution in [1.82, 2.24) is 19.9 Å². The van der Waals surface area contributed by atoms with E-state index in [1.807, 2.05) is 24.3 Å². The van der Waals surface area contributed by atoms with Crippen LogP contribution in [0.25, 0.3) is 17.0 Å². The summed E-state index contributed by atoms with van der Waals surface area (Å²) in [4.78, 5) is 15.6. The molecule has 0 aliphatic heterocycles. The smallest absolute Gasteiger partial charge is 0.417 e. The summed E-state index contributed by atoms with van der Waals surface area (Å²) in [6.07, 6.45) is 5.51. The van der Waals surface area contributed by atoms with Crippen molar-refractivity contribution in [2.24, 2.45) is 0 Å². The highest BCUT2D eigenvalue weighted by molar-refractivity contribution is 5.75. The molecule has 0 aromatic carbocycles. The lowest BCUT2D eigenvalue weighted by Crippen LogP contribution is -2.16. The van der Waals surface area contributed by atoms with Crippen LogP contribution in [0.1, 0.15) is 23.4 Å². The predicted molar refractivity (Wildman–Crippen MR) is 107 cm³/mol. The predicted octanol–water partition coefficient (Wildman–Crippen LogP) is 4.79. The van der Waals surface area contributed by atoms with Crippen LogP contribution in [-0.2, 0) is 22.3 Å². The van der Waals surface area contributed by atoms with E-state index in [9.17, 15) is 13.2 Å². The third-order valence-electron chi connectivity index (χ3n) is 4.81. The molecule has 1 unspecified atom stereocenters. The summed E-state index contributed by atoms with van der Waals surface area (Å²) in [5.74, 6) is 1.42. The molecule has 4 rings (SSSR count). The second-order valence-electron chi connectivity index (χ2n) is 6.88. The number of ether oxygens (including phenoxy) is 2. The van der Waals surface area contributed by atoms with Crippen molar-refractivity contribution in [2.75, 3.05) is 7.11 Å². The van der Waals surface area contributed by atoms with Crippen LogP contribution in [0, 0.1) is 0 Å². The maximum absolute atomic E-state index is 12.6. The zero-order valence-corrected chi connectivity index (χ0v) is 16.6. The number of nitrogens with one attached hydrogen (secondary N) is 1. The second-order valence-corrected chi connectivity index (χ2v) is 6.88. The molecule has 0 saturated heterocycles. The van der Waals surface area contributed by atoms with Crippen LogP contribution < -0.4 is 0 Å². The number of pyridine rings is 2. The van der Waals surface area contributed by atoms with E-state index in [0.717, 1.165) is 29.1 Å². The number of hydrogen-bond acceptors (Lipinski definition) is 5. The number of imidazole rings is 1. The Hall–Kier alpha value is -3.46. The third kappa shape index (κ3) is 4.83. The van der Waals surface area contributed by atoms with Crippen molar-refractivity contribution in [3.8, 4) is 11.4 Å². The van der Waals surface area contributed by atoms with Gasteiger partial charge in [-0.25, -0.2) is 4.98 Å². The lowest BCUT2D eigenvalue weighted by Gasteiger charge is -2.21. The average Bonchev–Trinajstić information content (AvgIpc) is 3.28. The fraction of sp³-hybridized carbons (Fsp3) is 0.227. The van der Waals surface area contributed by atoms with Gasteiger partial charge in [0.2, 0.25) is 0 Å². The monoisotopic (exact) mass is 428 g/mol. The van der Waals surface area contributed by atoms with Crippen molar-refractivity contribution in [3.05, 3.63) is 83.9 Å². The van der Waals surface area contributed by atoms with Gasteiger partial charge in [-0.3, -0.25) is 9.97 Å². The van der Waals surface area contributed by atoms with Crippen LogP contribution >= 0.6 is 0 Å². The fourth-order valence-corrected chi connectivity index (χ4v) is 3.18. The highest BCUT2D eigenvalue weighted by atomic mass is 19.4. The van der Waals surface area contributed by atoms with Crippen LogP contribution in [-0.4, -0.2) is 33.1 Å². The van der Waals surface area contributed by atoms with Crippen molar-refractivity contribution in [1.29, 1.82) is 0 Å². The summed E-state index contributed by atoms with van der Waals surface area (Å²) in [7, 11) is 1.58. The van der Waals surface area contributed by atoms with E-state index < -0.39 is 11.7 Å². The van der Waals surface area contributed by atoms with Crippen LogP contribution in [0.2, 0.25) is 0 Å². The lowest BCUT2D eigenvalue weighted by molar-refractivity contribution is -0.137. The number of H-pyrrole nitrogens is 1. The summed E-state index contributed by atoms with van der Waals surface area (Å²) in [6, 6.07) is 6.07. The van der Waals surface area contributed by atoms with Gasteiger partial charge in [-0.2, -0.15) is 13.2 Å². The van der Waals surface area contributed by atoms with Gasteiger partial charge in [0.1, 0.15) is 11.6 Å². The van der Waals surface area contributed by atoms with Crippen LogP contribution in [0.3, 0.4) is 0 Å². The molecule has 0 amide bonds. The van der Waals surface area contributed by atoms with Gasteiger partial charge in [-0.1, -0.05) is 12.2 Å². The minimum absolute atomic E-state index is 0.0919. The topological polar surface area (TPSA) is 72.9 Å². The van der Waals surface area contributed by atoms with Gasteiger partial charge in [-0.15, -0.1) is 0 Å². The Balaban J connectivity index is 1.42. The molecule has 1 N–H and O–H groups in total. The van der Waals surface area contributed by atoms with E-state index in [-0.39, 0.29) is 12.7 Å². The molecule has 0 saturated carbocycles. The van der Waals surface area contributed by atoms with Crippen LogP contribution in [0.5, 0.6) is 0 Å². The first-order valence-corrected chi connectivity index (χ1v) is 9.49. The molecular weight excluding hydrogens is 409 g/mol. The summed E-state index contributed by atoms with van der Waals surface area (Å²) in [5.41, 5.74) is 2.17. The SMILES string of the molecule is COC1=C(c2cnc(-c3cccnc3)[nH]2)C=CC(OCc2ccc(C(F)(F)F)cn2)C1. The molecule has 3 aromatic rings. The summed E-state index contributed by atoms with van der Waals surface area (Å²) < 4.78 is 49.3. The Bertz CT molecular complexity index is 1090. The molecule has 1 aliphatic rings. The minimum Gasteiger partial charge on any atom is -0.500 e. The van der Waals surface area contributed by atoms with Crippen molar-refractivity contribution in [2.45, 2.75) is 25.3 Å². The number of methoxy groups -OCH3 is 1.